The van der Waals surface area contributed by atoms with E-state index >= 15 is 0 Å². The standard InChI is InChI=1S/C42H38N4O2/c1-41(2)43-31-21-27(23-11-7-5-8-12-23)19-25-15-17-29(37(45-41)33(25)31)35-39(47)36(40(35)48)30-18-16-26-20-28(24-13-9-6-10-14-24)22-32-34(26)38(30)46-42(3,4)44-32/h5-22,35-36,39-40,43-46H,1-4H3/q-2. The van der Waals surface area contributed by atoms with E-state index in [0.717, 1.165) is 77.7 Å². The molecule has 0 radical (unpaired) electrons. The van der Waals surface area contributed by atoms with E-state index in [0.29, 0.717) is 0 Å². The van der Waals surface area contributed by atoms with Crippen LogP contribution in [-0.2, 0) is 0 Å². The monoisotopic (exact) mass is 630 g/mol. The topological polar surface area (TPSA) is 94.2 Å². The maximum atomic E-state index is 14.4. The molecule has 240 valence electrons. The minimum absolute atomic E-state index is 0.467. The summed E-state index contributed by atoms with van der Waals surface area (Å²) in [5.74, 6) is -1.31. The van der Waals surface area contributed by atoms with Gasteiger partial charge in [0, 0.05) is 33.5 Å². The molecule has 0 unspecified atom stereocenters. The second kappa shape index (κ2) is 10.2. The van der Waals surface area contributed by atoms with Crippen LogP contribution in [0.3, 0.4) is 0 Å². The van der Waals surface area contributed by atoms with E-state index in [4.69, 9.17) is 0 Å². The van der Waals surface area contributed by atoms with Crippen LogP contribution in [0.15, 0.2) is 109 Å². The Bertz CT molecular complexity index is 2080. The molecule has 6 aromatic carbocycles. The van der Waals surface area contributed by atoms with E-state index in [2.05, 4.69) is 110 Å². The molecule has 9 rings (SSSR count). The molecule has 0 spiro atoms. The van der Waals surface area contributed by atoms with Gasteiger partial charge in [0.25, 0.3) is 0 Å². The number of hydrogen-bond acceptors (Lipinski definition) is 6. The van der Waals surface area contributed by atoms with E-state index in [-0.39, 0.29) is 0 Å². The second-order valence-corrected chi connectivity index (χ2v) is 14.8. The summed E-state index contributed by atoms with van der Waals surface area (Å²) in [6.45, 7) is 8.34. The lowest BCUT2D eigenvalue weighted by Gasteiger charge is -2.62. The summed E-state index contributed by atoms with van der Waals surface area (Å²) in [7, 11) is 0. The van der Waals surface area contributed by atoms with Gasteiger partial charge in [0.05, 0.1) is 0 Å². The molecule has 0 amide bonds. The quantitative estimate of drug-likeness (QED) is 0.159. The minimum Gasteiger partial charge on any atom is -0.851 e. The predicted molar refractivity (Wildman–Crippen MR) is 194 cm³/mol. The molecule has 0 saturated heterocycles. The largest absolute Gasteiger partial charge is 0.851 e. The molecule has 2 heterocycles. The van der Waals surface area contributed by atoms with Crippen molar-refractivity contribution in [1.29, 1.82) is 0 Å². The lowest BCUT2D eigenvalue weighted by atomic mass is 9.62. The van der Waals surface area contributed by atoms with Crippen LogP contribution in [0, 0.1) is 0 Å². The number of nitrogens with one attached hydrogen (secondary N) is 4. The number of anilines is 4. The number of rotatable bonds is 4. The molecule has 1 saturated carbocycles. The zero-order valence-corrected chi connectivity index (χ0v) is 27.5. The zero-order valence-electron chi connectivity index (χ0n) is 27.5. The molecule has 2 aliphatic heterocycles. The highest BCUT2D eigenvalue weighted by Gasteiger charge is 2.43. The highest BCUT2D eigenvalue weighted by molar-refractivity contribution is 6.10. The van der Waals surface area contributed by atoms with Crippen LogP contribution in [0.25, 0.3) is 43.8 Å². The van der Waals surface area contributed by atoms with Crippen LogP contribution >= 0.6 is 0 Å². The Morgan fingerprint density at radius 3 is 1.25 bits per heavy atom. The molecule has 0 aromatic heterocycles. The Hall–Kier alpha value is -5.04. The first-order valence-electron chi connectivity index (χ1n) is 16.8. The van der Waals surface area contributed by atoms with E-state index in [1.807, 2.05) is 48.5 Å². The summed E-state index contributed by atoms with van der Waals surface area (Å²) in [6.07, 6.45) is -2.15. The van der Waals surface area contributed by atoms with Crippen molar-refractivity contribution in [2.24, 2.45) is 0 Å². The third kappa shape index (κ3) is 4.47. The number of benzene rings is 6. The van der Waals surface area contributed by atoms with Gasteiger partial charge in [-0.2, -0.15) is 0 Å². The lowest BCUT2D eigenvalue weighted by Crippen LogP contribution is -2.64. The number of hydrogen-bond donors (Lipinski definition) is 4. The van der Waals surface area contributed by atoms with Crippen LogP contribution in [0.1, 0.15) is 50.7 Å². The fraction of sp³-hybridized carbons (Fsp3) is 0.238. The summed E-state index contributed by atoms with van der Waals surface area (Å²) >= 11 is 0. The van der Waals surface area contributed by atoms with Gasteiger partial charge in [-0.1, -0.05) is 84.9 Å². The maximum absolute atomic E-state index is 14.4. The molecule has 1 aliphatic carbocycles. The van der Waals surface area contributed by atoms with Crippen molar-refractivity contribution in [3.8, 4) is 22.3 Å². The Morgan fingerprint density at radius 1 is 0.458 bits per heavy atom. The SMILES string of the molecule is CC1(C)Nc2cc(-c3ccccc3)cc3ccc(C4C([O-])C(c5ccc6cc(-c7ccccc7)cc7c6c5NC(C)(C)N7)C4[O-])c(c23)N1. The summed E-state index contributed by atoms with van der Waals surface area (Å²) < 4.78 is 0. The van der Waals surface area contributed by atoms with Gasteiger partial charge in [-0.15, -0.1) is 12.2 Å². The molecular formula is C42H38N4O2-2. The van der Waals surface area contributed by atoms with Crippen molar-refractivity contribution >= 4 is 44.3 Å². The van der Waals surface area contributed by atoms with Gasteiger partial charge < -0.3 is 31.5 Å². The van der Waals surface area contributed by atoms with E-state index < -0.39 is 35.4 Å². The van der Waals surface area contributed by atoms with Crippen molar-refractivity contribution in [1.82, 2.24) is 0 Å². The zero-order chi connectivity index (χ0) is 32.9. The Morgan fingerprint density at radius 2 is 0.854 bits per heavy atom. The van der Waals surface area contributed by atoms with E-state index in [9.17, 15) is 10.2 Å². The summed E-state index contributed by atoms with van der Waals surface area (Å²) in [5, 5.41) is 47.6. The van der Waals surface area contributed by atoms with E-state index in [1.54, 1.807) is 0 Å². The highest BCUT2D eigenvalue weighted by Crippen LogP contribution is 2.54. The fourth-order valence-electron chi connectivity index (χ4n) is 8.32. The van der Waals surface area contributed by atoms with Crippen LogP contribution in [0.5, 0.6) is 0 Å². The lowest BCUT2D eigenvalue weighted by molar-refractivity contribution is -0.535. The second-order valence-electron chi connectivity index (χ2n) is 14.8. The molecule has 0 atom stereocenters. The summed E-state index contributed by atoms with van der Waals surface area (Å²) in [4.78, 5) is 0. The summed E-state index contributed by atoms with van der Waals surface area (Å²) in [5.41, 5.74) is 9.05. The van der Waals surface area contributed by atoms with Crippen molar-refractivity contribution in [2.45, 2.75) is 63.1 Å². The average Bonchev–Trinajstić information content (AvgIpc) is 3.06. The van der Waals surface area contributed by atoms with Gasteiger partial charge in [-0.05, 0) is 108 Å². The van der Waals surface area contributed by atoms with Crippen LogP contribution < -0.4 is 31.5 Å². The first-order valence-corrected chi connectivity index (χ1v) is 16.8. The first-order chi connectivity index (χ1) is 23.1. The van der Waals surface area contributed by atoms with Crippen molar-refractivity contribution < 1.29 is 10.2 Å². The average molecular weight is 631 g/mol. The highest BCUT2D eigenvalue weighted by atomic mass is 16.3. The minimum atomic E-state index is -1.08. The van der Waals surface area contributed by atoms with Crippen LogP contribution in [-0.4, -0.2) is 23.5 Å². The Balaban J connectivity index is 1.13. The van der Waals surface area contributed by atoms with Gasteiger partial charge in [-0.3, -0.25) is 0 Å². The van der Waals surface area contributed by atoms with Gasteiger partial charge in [-0.25, -0.2) is 0 Å². The van der Waals surface area contributed by atoms with Crippen LogP contribution in [0.2, 0.25) is 0 Å². The van der Waals surface area contributed by atoms with Gasteiger partial charge in [0.15, 0.2) is 0 Å². The van der Waals surface area contributed by atoms with Crippen LogP contribution in [0.4, 0.5) is 22.7 Å². The molecular weight excluding hydrogens is 592 g/mol. The third-order valence-electron chi connectivity index (χ3n) is 10.4. The van der Waals surface area contributed by atoms with E-state index in [1.165, 1.54) is 0 Å². The smallest absolute Gasteiger partial charge is 0.102 e. The molecule has 6 aromatic rings. The molecule has 1 fully saturated rings. The van der Waals surface area contributed by atoms with Gasteiger partial charge >= 0.3 is 0 Å². The molecule has 3 aliphatic rings. The van der Waals surface area contributed by atoms with Crippen molar-refractivity contribution in [3.63, 3.8) is 0 Å². The summed E-state index contributed by atoms with van der Waals surface area (Å²) in [6, 6.07) is 37.6. The Kier molecular flexibility index (Phi) is 6.21. The first kappa shape index (κ1) is 29.1. The predicted octanol–water partition coefficient (Wildman–Crippen LogP) is 7.81. The Labute approximate surface area is 280 Å². The fourth-order valence-corrected chi connectivity index (χ4v) is 8.32. The molecule has 4 N–H and O–H groups in total. The van der Waals surface area contributed by atoms with Gasteiger partial charge in [0.1, 0.15) is 11.3 Å². The normalized spacial score (nSPS) is 23.0. The molecule has 6 nitrogen and oxygen atoms in total. The third-order valence-corrected chi connectivity index (χ3v) is 10.4. The van der Waals surface area contributed by atoms with Crippen molar-refractivity contribution in [3.05, 3.63) is 120 Å². The van der Waals surface area contributed by atoms with Crippen molar-refractivity contribution in [2.75, 3.05) is 21.3 Å². The molecule has 0 bridgehead atoms. The maximum Gasteiger partial charge on any atom is 0.102 e. The van der Waals surface area contributed by atoms with Gasteiger partial charge in [0.2, 0.25) is 0 Å². The molecule has 48 heavy (non-hydrogen) atoms. The molecule has 6 heteroatoms.